The normalized spacial score (nSPS) is 14.6. The lowest BCUT2D eigenvalue weighted by molar-refractivity contribution is 0.0990. The summed E-state index contributed by atoms with van der Waals surface area (Å²) in [5, 5.41) is 0. The van der Waals surface area contributed by atoms with Crippen LogP contribution in [0.15, 0.2) is 96.7 Å². The van der Waals surface area contributed by atoms with Crippen LogP contribution in [0.25, 0.3) is 16.6 Å². The highest BCUT2D eigenvalue weighted by molar-refractivity contribution is 7.16. The molecule has 0 aliphatic heterocycles. The molecular formula is C34H22F2N2O2S. The number of allylic oxidation sites excluding steroid dienone is 1. The maximum Gasteiger partial charge on any atom is 0.197 e. The van der Waals surface area contributed by atoms with Gasteiger partial charge in [-0.15, -0.1) is 11.3 Å². The first-order chi connectivity index (χ1) is 19.7. The van der Waals surface area contributed by atoms with Gasteiger partial charge in [0.25, 0.3) is 0 Å². The lowest BCUT2D eigenvalue weighted by Crippen LogP contribution is -2.16. The van der Waals surface area contributed by atoms with Gasteiger partial charge in [0.1, 0.15) is 0 Å². The maximum atomic E-state index is 13.8. The summed E-state index contributed by atoms with van der Waals surface area (Å²) in [7, 11) is 0. The van der Waals surface area contributed by atoms with Crippen molar-refractivity contribution in [2.24, 2.45) is 0 Å². The van der Waals surface area contributed by atoms with E-state index in [9.17, 15) is 18.4 Å². The zero-order valence-electron chi connectivity index (χ0n) is 22.1. The third-order valence-electron chi connectivity index (χ3n) is 7.80. The van der Waals surface area contributed by atoms with E-state index in [0.29, 0.717) is 4.88 Å². The van der Waals surface area contributed by atoms with Crippen LogP contribution >= 0.6 is 11.3 Å². The number of carbonyl (C=O) groups is 2. The molecule has 7 rings (SSSR count). The number of hydrogen-bond acceptors (Lipinski definition) is 5. The topological polar surface area (TPSA) is 50.3 Å². The minimum absolute atomic E-state index is 0.0902. The Morgan fingerprint density at radius 1 is 0.756 bits per heavy atom. The number of para-hydroxylation sites is 2. The van der Waals surface area contributed by atoms with Gasteiger partial charge in [0.05, 0.1) is 28.0 Å². The molecule has 0 amide bonds. The first-order valence-electron chi connectivity index (χ1n) is 13.1. The molecule has 2 aliphatic carbocycles. The summed E-state index contributed by atoms with van der Waals surface area (Å²) in [4.78, 5) is 34.6. The monoisotopic (exact) mass is 560 g/mol. The van der Waals surface area contributed by atoms with E-state index in [2.05, 4.69) is 49.1 Å². The Morgan fingerprint density at radius 3 is 1.88 bits per heavy atom. The summed E-state index contributed by atoms with van der Waals surface area (Å²) in [5.41, 5.74) is 5.28. The molecule has 0 saturated heterocycles. The van der Waals surface area contributed by atoms with Crippen molar-refractivity contribution in [3.05, 3.63) is 135 Å². The number of nitrogens with zero attached hydrogens (tertiary/aromatic N) is 2. The molecule has 0 spiro atoms. The highest BCUT2D eigenvalue weighted by Gasteiger charge is 2.40. The third-order valence-corrected chi connectivity index (χ3v) is 8.89. The minimum atomic E-state index is -1.15. The van der Waals surface area contributed by atoms with Gasteiger partial charge in [-0.3, -0.25) is 14.6 Å². The van der Waals surface area contributed by atoms with Gasteiger partial charge in [-0.2, -0.15) is 0 Å². The summed E-state index contributed by atoms with van der Waals surface area (Å²) in [6.07, 6.45) is 3.39. The molecule has 0 atom stereocenters. The van der Waals surface area contributed by atoms with Crippen molar-refractivity contribution in [2.75, 3.05) is 4.90 Å². The Labute approximate surface area is 239 Å². The van der Waals surface area contributed by atoms with Crippen LogP contribution in [0.3, 0.4) is 0 Å². The minimum Gasteiger partial charge on any atom is -0.309 e. The van der Waals surface area contributed by atoms with E-state index >= 15 is 0 Å². The maximum absolute atomic E-state index is 13.8. The van der Waals surface area contributed by atoms with E-state index in [-0.39, 0.29) is 22.1 Å². The van der Waals surface area contributed by atoms with Gasteiger partial charge >= 0.3 is 0 Å². The van der Waals surface area contributed by atoms with E-state index in [0.717, 1.165) is 50.9 Å². The molecule has 7 heteroatoms. The van der Waals surface area contributed by atoms with Gasteiger partial charge in [0.2, 0.25) is 0 Å². The molecule has 0 radical (unpaired) electrons. The van der Waals surface area contributed by atoms with E-state index in [4.69, 9.17) is 4.98 Å². The van der Waals surface area contributed by atoms with Crippen molar-refractivity contribution in [3.63, 3.8) is 0 Å². The molecule has 0 fully saturated rings. The Bertz CT molecular complexity index is 1850. The number of hydrogen-bond donors (Lipinski definition) is 0. The molecule has 0 saturated carbocycles. The summed E-state index contributed by atoms with van der Waals surface area (Å²) in [6, 6.07) is 26.0. The van der Waals surface area contributed by atoms with Crippen molar-refractivity contribution < 1.29 is 18.4 Å². The van der Waals surface area contributed by atoms with Crippen LogP contribution < -0.4 is 4.90 Å². The largest absolute Gasteiger partial charge is 0.309 e. The van der Waals surface area contributed by atoms with Crippen molar-refractivity contribution >= 4 is 46.0 Å². The molecular weight excluding hydrogens is 538 g/mol. The second-order valence-corrected chi connectivity index (χ2v) is 11.7. The van der Waals surface area contributed by atoms with Crippen molar-refractivity contribution in [1.82, 2.24) is 4.98 Å². The Morgan fingerprint density at radius 2 is 1.32 bits per heavy atom. The molecule has 2 aliphatic rings. The number of anilines is 3. The third kappa shape index (κ3) is 3.88. The van der Waals surface area contributed by atoms with E-state index in [1.54, 1.807) is 0 Å². The fourth-order valence-corrected chi connectivity index (χ4v) is 6.96. The average Bonchev–Trinajstić information content (AvgIpc) is 3.57. The van der Waals surface area contributed by atoms with E-state index < -0.39 is 23.2 Å². The highest BCUT2D eigenvalue weighted by Crippen LogP contribution is 2.53. The molecule has 4 nitrogen and oxygen atoms in total. The lowest BCUT2D eigenvalue weighted by Gasteiger charge is -2.27. The summed E-state index contributed by atoms with van der Waals surface area (Å²) < 4.78 is 27.5. The van der Waals surface area contributed by atoms with Gasteiger partial charge in [-0.1, -0.05) is 50.2 Å². The first-order valence-corrected chi connectivity index (χ1v) is 13.9. The number of aromatic nitrogens is 1. The second kappa shape index (κ2) is 9.14. The molecule has 41 heavy (non-hydrogen) atoms. The molecule has 0 bridgehead atoms. The lowest BCUT2D eigenvalue weighted by atomic mass is 9.83. The number of benzene rings is 3. The van der Waals surface area contributed by atoms with Gasteiger partial charge < -0.3 is 4.90 Å². The zero-order chi connectivity index (χ0) is 28.5. The Balaban J connectivity index is 1.29. The molecule has 3 aromatic carbocycles. The predicted octanol–water partition coefficient (Wildman–Crippen LogP) is 8.66. The summed E-state index contributed by atoms with van der Waals surface area (Å²) >= 11 is 1.44. The van der Waals surface area contributed by atoms with E-state index in [1.807, 2.05) is 48.7 Å². The quantitative estimate of drug-likeness (QED) is 0.163. The molecule has 0 N–H and O–H groups in total. The van der Waals surface area contributed by atoms with Crippen LogP contribution in [0.1, 0.15) is 50.6 Å². The van der Waals surface area contributed by atoms with E-state index in [1.165, 1.54) is 17.4 Å². The van der Waals surface area contributed by atoms with Crippen molar-refractivity contribution in [2.45, 2.75) is 19.3 Å². The predicted molar refractivity (Wildman–Crippen MR) is 157 cm³/mol. The molecule has 5 aromatic rings. The smallest absolute Gasteiger partial charge is 0.197 e. The van der Waals surface area contributed by atoms with Gasteiger partial charge in [0, 0.05) is 32.8 Å². The highest BCUT2D eigenvalue weighted by atomic mass is 32.1. The fourth-order valence-electron chi connectivity index (χ4n) is 5.69. The van der Waals surface area contributed by atoms with Gasteiger partial charge in [-0.25, -0.2) is 8.78 Å². The van der Waals surface area contributed by atoms with Crippen molar-refractivity contribution in [3.8, 4) is 10.6 Å². The average molecular weight is 561 g/mol. The van der Waals surface area contributed by atoms with Crippen LogP contribution in [0.5, 0.6) is 0 Å². The zero-order valence-corrected chi connectivity index (χ0v) is 22.9. The number of rotatable bonds is 4. The Kier molecular flexibility index (Phi) is 5.63. The number of fused-ring (bicyclic) bond motifs is 4. The SMILES string of the molecule is CC1(C)c2cc(N(c3ccccc3)c3ccccc3)cnc2-c2sc(C=C3C(=O)c4cc(F)c(F)cc4C3=O)cc21. The number of thiophene rings is 1. The summed E-state index contributed by atoms with van der Waals surface area (Å²) in [6.45, 7) is 4.27. The number of halogens is 2. The molecule has 2 aromatic heterocycles. The van der Waals surface area contributed by atoms with Gasteiger partial charge in [0.15, 0.2) is 23.2 Å². The van der Waals surface area contributed by atoms with Crippen molar-refractivity contribution in [1.29, 1.82) is 0 Å². The number of carbonyl (C=O) groups excluding carboxylic acids is 2. The standard InChI is InChI=1S/C34H22F2N2O2S/c1-34(2)26-13-21(38(19-9-5-3-6-10-19)20-11-7-4-8-12-20)18-37-30(26)33-27(34)15-22(41-33)14-25-31(39)23-16-28(35)29(36)17-24(23)32(25)40/h3-18H,1-2H3. The van der Waals surface area contributed by atoms with Crippen LogP contribution in [-0.2, 0) is 5.41 Å². The second-order valence-electron chi connectivity index (χ2n) is 10.6. The Hall–Kier alpha value is -4.75. The number of ketones is 2. The van der Waals surface area contributed by atoms with Crippen LogP contribution in [0, 0.1) is 11.6 Å². The molecule has 0 unspecified atom stereocenters. The van der Waals surface area contributed by atoms with Crippen LogP contribution in [-0.4, -0.2) is 16.6 Å². The molecule has 2 heterocycles. The number of pyridine rings is 1. The fraction of sp³-hybridized carbons (Fsp3) is 0.0882. The summed E-state index contributed by atoms with van der Waals surface area (Å²) in [5.74, 6) is -3.49. The number of Topliss-reactive ketones (excluding diaryl/α,β-unsaturated/α-hetero) is 2. The first kappa shape index (κ1) is 25.2. The van der Waals surface area contributed by atoms with Gasteiger partial charge in [-0.05, 0) is 65.7 Å². The molecule has 200 valence electrons. The van der Waals surface area contributed by atoms with Crippen LogP contribution in [0.2, 0.25) is 0 Å². The van der Waals surface area contributed by atoms with Crippen LogP contribution in [0.4, 0.5) is 25.8 Å².